The molecule has 0 atom stereocenters. The van der Waals surface area contributed by atoms with Crippen LogP contribution in [-0.2, 0) is 24.3 Å². The van der Waals surface area contributed by atoms with Crippen molar-refractivity contribution in [1.29, 1.82) is 0 Å². The van der Waals surface area contributed by atoms with Crippen LogP contribution in [0, 0.1) is 6.92 Å². The third kappa shape index (κ3) is 5.83. The van der Waals surface area contributed by atoms with Crippen LogP contribution in [0.4, 0.5) is 0 Å². The number of halogens is 1. The van der Waals surface area contributed by atoms with E-state index in [9.17, 15) is 4.79 Å². The molecule has 13 heavy (non-hydrogen) atoms. The van der Waals surface area contributed by atoms with Crippen molar-refractivity contribution >= 4 is 5.97 Å². The summed E-state index contributed by atoms with van der Waals surface area (Å²) in [4.78, 5) is 10.5. The van der Waals surface area contributed by atoms with Crippen molar-refractivity contribution in [2.75, 3.05) is 0 Å². The molecule has 0 amide bonds. The fourth-order valence-corrected chi connectivity index (χ4v) is 0.723. The maximum Gasteiger partial charge on any atom is 2.00 e. The van der Waals surface area contributed by atoms with Gasteiger partial charge in [-0.05, 0) is 0 Å². The van der Waals surface area contributed by atoms with Crippen LogP contribution in [0.1, 0.15) is 12.5 Å². The van der Waals surface area contributed by atoms with Gasteiger partial charge in [0.05, 0.1) is 0 Å². The summed E-state index contributed by atoms with van der Waals surface area (Å²) in [5, 5.41) is 0. The van der Waals surface area contributed by atoms with E-state index in [2.05, 4.69) is 6.92 Å². The molecule has 0 radical (unpaired) electrons. The summed E-state index contributed by atoms with van der Waals surface area (Å²) in [6, 6.07) is 7.00. The SMILES string of the molecule is [Br-].[CH2-]c1ccc(OC(C)=O)cc1.[Zn+2]. The minimum absolute atomic E-state index is 0. The topological polar surface area (TPSA) is 26.3 Å². The van der Waals surface area contributed by atoms with Gasteiger partial charge in [0.1, 0.15) is 5.75 Å². The molecule has 0 fully saturated rings. The van der Waals surface area contributed by atoms with Crippen LogP contribution < -0.4 is 21.7 Å². The van der Waals surface area contributed by atoms with Crippen LogP contribution in [0.3, 0.4) is 0 Å². The predicted molar refractivity (Wildman–Crippen MR) is 42.2 cm³/mol. The number of carbonyl (C=O) groups excluding carboxylic acids is 1. The Morgan fingerprint density at radius 1 is 1.31 bits per heavy atom. The molecule has 1 aromatic rings. The molecule has 1 rings (SSSR count). The first-order valence-corrected chi connectivity index (χ1v) is 3.29. The minimum Gasteiger partial charge on any atom is -1.00 e. The van der Waals surface area contributed by atoms with Crippen molar-refractivity contribution in [3.63, 3.8) is 0 Å². The molecule has 66 valence electrons. The van der Waals surface area contributed by atoms with Crippen LogP contribution in [-0.4, -0.2) is 5.97 Å². The van der Waals surface area contributed by atoms with E-state index in [0.29, 0.717) is 5.75 Å². The molecule has 2 nitrogen and oxygen atoms in total. The van der Waals surface area contributed by atoms with Gasteiger partial charge in [0.15, 0.2) is 0 Å². The molecule has 0 aliphatic rings. The molecule has 0 saturated heterocycles. The van der Waals surface area contributed by atoms with E-state index in [-0.39, 0.29) is 42.4 Å². The van der Waals surface area contributed by atoms with Gasteiger partial charge in [-0.2, -0.15) is 24.6 Å². The average molecular weight is 294 g/mol. The van der Waals surface area contributed by atoms with Gasteiger partial charge in [0.25, 0.3) is 0 Å². The summed E-state index contributed by atoms with van der Waals surface area (Å²) in [5.74, 6) is 0.256. The first-order chi connectivity index (χ1) is 5.18. The number of hydrogen-bond donors (Lipinski definition) is 0. The predicted octanol–water partition coefficient (Wildman–Crippen LogP) is -1.20. The Labute approximate surface area is 101 Å². The van der Waals surface area contributed by atoms with Gasteiger partial charge < -0.3 is 21.7 Å². The molecule has 1 aromatic carbocycles. The number of esters is 1. The van der Waals surface area contributed by atoms with Gasteiger partial charge in [0.2, 0.25) is 0 Å². The normalized spacial score (nSPS) is 7.77. The van der Waals surface area contributed by atoms with E-state index in [0.717, 1.165) is 5.56 Å². The summed E-state index contributed by atoms with van der Waals surface area (Å²) in [6.45, 7) is 5.07. The Balaban J connectivity index is 0. The van der Waals surface area contributed by atoms with Gasteiger partial charge >= 0.3 is 25.4 Å². The zero-order valence-corrected chi connectivity index (χ0v) is 12.0. The summed E-state index contributed by atoms with van der Waals surface area (Å²) in [5.41, 5.74) is 0.904. The van der Waals surface area contributed by atoms with Crippen molar-refractivity contribution in [2.45, 2.75) is 6.92 Å². The fourth-order valence-electron chi connectivity index (χ4n) is 0.723. The molecule has 0 N–H and O–H groups in total. The van der Waals surface area contributed by atoms with Gasteiger partial charge in [-0.3, -0.25) is 4.79 Å². The molecule has 0 aliphatic heterocycles. The Morgan fingerprint density at radius 2 is 1.77 bits per heavy atom. The van der Waals surface area contributed by atoms with Crippen LogP contribution in [0.15, 0.2) is 24.3 Å². The number of benzene rings is 1. The van der Waals surface area contributed by atoms with E-state index in [1.807, 2.05) is 0 Å². The van der Waals surface area contributed by atoms with Gasteiger partial charge in [-0.25, -0.2) is 0 Å². The molecular weight excluding hydrogens is 285 g/mol. The molecule has 0 heterocycles. The second kappa shape index (κ2) is 7.10. The van der Waals surface area contributed by atoms with E-state index >= 15 is 0 Å². The average Bonchev–Trinajstić information content (AvgIpc) is 1.93. The molecule has 0 spiro atoms. The minimum atomic E-state index is -0.304. The van der Waals surface area contributed by atoms with Crippen molar-refractivity contribution < 1.29 is 46.0 Å². The summed E-state index contributed by atoms with van der Waals surface area (Å²) < 4.78 is 4.80. The van der Waals surface area contributed by atoms with E-state index in [1.54, 1.807) is 24.3 Å². The second-order valence-electron chi connectivity index (χ2n) is 2.24. The maximum absolute atomic E-state index is 10.5. The quantitative estimate of drug-likeness (QED) is 0.281. The summed E-state index contributed by atoms with van der Waals surface area (Å²) >= 11 is 0. The molecular formula is C9H9BrO2Zn. The summed E-state index contributed by atoms with van der Waals surface area (Å²) in [6.07, 6.45) is 0. The first-order valence-electron chi connectivity index (χ1n) is 3.29. The smallest absolute Gasteiger partial charge is 1.00 e. The van der Waals surface area contributed by atoms with Gasteiger partial charge in [0, 0.05) is 6.92 Å². The van der Waals surface area contributed by atoms with Crippen LogP contribution >= 0.6 is 0 Å². The summed E-state index contributed by atoms with van der Waals surface area (Å²) in [7, 11) is 0. The molecule has 0 unspecified atom stereocenters. The van der Waals surface area contributed by atoms with Crippen molar-refractivity contribution in [3.8, 4) is 5.75 Å². The van der Waals surface area contributed by atoms with Gasteiger partial charge in [-0.15, -0.1) is 0 Å². The van der Waals surface area contributed by atoms with E-state index < -0.39 is 0 Å². The van der Waals surface area contributed by atoms with Crippen LogP contribution in [0.2, 0.25) is 0 Å². The zero-order valence-electron chi connectivity index (χ0n) is 7.42. The second-order valence-corrected chi connectivity index (χ2v) is 2.24. The third-order valence-corrected chi connectivity index (χ3v) is 1.18. The van der Waals surface area contributed by atoms with Crippen molar-refractivity contribution in [1.82, 2.24) is 0 Å². The fraction of sp³-hybridized carbons (Fsp3) is 0.111. The number of rotatable bonds is 1. The maximum atomic E-state index is 10.5. The van der Waals surface area contributed by atoms with Crippen molar-refractivity contribution in [2.24, 2.45) is 0 Å². The van der Waals surface area contributed by atoms with Crippen LogP contribution in [0.5, 0.6) is 5.75 Å². The zero-order chi connectivity index (χ0) is 8.27. The van der Waals surface area contributed by atoms with Gasteiger partial charge in [-0.1, -0.05) is 12.1 Å². The number of carbonyl (C=O) groups is 1. The Kier molecular flexibility index (Phi) is 8.28. The van der Waals surface area contributed by atoms with E-state index in [4.69, 9.17) is 4.74 Å². The Morgan fingerprint density at radius 3 is 2.15 bits per heavy atom. The number of ether oxygens (including phenoxy) is 1. The molecule has 0 saturated carbocycles. The third-order valence-electron chi connectivity index (χ3n) is 1.18. The monoisotopic (exact) mass is 292 g/mol. The molecule has 0 bridgehead atoms. The molecule has 4 heteroatoms. The van der Waals surface area contributed by atoms with E-state index in [1.165, 1.54) is 6.92 Å². The van der Waals surface area contributed by atoms with Crippen LogP contribution in [0.25, 0.3) is 0 Å². The Bertz CT molecular complexity index is 259. The Hall–Kier alpha value is -0.337. The number of hydrogen-bond acceptors (Lipinski definition) is 2. The largest absolute Gasteiger partial charge is 2.00 e. The molecule has 0 aromatic heterocycles. The first kappa shape index (κ1) is 15.1. The molecule has 0 aliphatic carbocycles. The van der Waals surface area contributed by atoms with Crippen molar-refractivity contribution in [3.05, 3.63) is 36.8 Å². The standard InChI is InChI=1S/C9H9O2.BrH.Zn/c1-7-3-5-9(6-4-7)11-8(2)10;;/h3-6H,1H2,2H3;1H;/q-1;;+2/p-1.